The number of nitrogens with zero attached hydrogens (tertiary/aromatic N) is 3. The Labute approximate surface area is 98.0 Å². The van der Waals surface area contributed by atoms with E-state index in [2.05, 4.69) is 27.6 Å². The van der Waals surface area contributed by atoms with Crippen molar-refractivity contribution in [1.29, 1.82) is 0 Å². The van der Waals surface area contributed by atoms with Gasteiger partial charge in [-0.3, -0.25) is 0 Å². The molecule has 16 heavy (non-hydrogen) atoms. The first-order chi connectivity index (χ1) is 7.65. The van der Waals surface area contributed by atoms with Gasteiger partial charge in [0, 0.05) is 11.7 Å². The number of rotatable bonds is 7. The van der Waals surface area contributed by atoms with Gasteiger partial charge in [-0.05, 0) is 5.92 Å². The van der Waals surface area contributed by atoms with E-state index in [1.54, 1.807) is 0 Å². The van der Waals surface area contributed by atoms with E-state index in [0.29, 0.717) is 0 Å². The number of hydrogen-bond acceptors (Lipinski definition) is 7. The predicted molar refractivity (Wildman–Crippen MR) is 59.6 cm³/mol. The molecule has 0 radical (unpaired) electrons. The predicted octanol–water partition coefficient (Wildman–Crippen LogP) is 0.645. The molecule has 0 aromatic carbocycles. The van der Waals surface area contributed by atoms with Crippen molar-refractivity contribution in [2.75, 3.05) is 6.54 Å². The SMILES string of the molecule is CC(CN=C=O)C(S)CC(N=C=O)N=C=O. The highest BCUT2D eigenvalue weighted by Crippen LogP contribution is 2.18. The van der Waals surface area contributed by atoms with Crippen LogP contribution in [0, 0.1) is 5.92 Å². The van der Waals surface area contributed by atoms with Crippen molar-refractivity contribution in [1.82, 2.24) is 0 Å². The van der Waals surface area contributed by atoms with Crippen LogP contribution in [0.3, 0.4) is 0 Å². The quantitative estimate of drug-likeness (QED) is 0.403. The smallest absolute Gasteiger partial charge is 0.211 e. The van der Waals surface area contributed by atoms with Gasteiger partial charge in [0.05, 0.1) is 6.54 Å². The second-order valence-corrected chi connectivity index (χ2v) is 3.80. The monoisotopic (exact) mass is 241 g/mol. The fraction of sp³-hybridized carbons (Fsp3) is 0.667. The average molecular weight is 241 g/mol. The van der Waals surface area contributed by atoms with E-state index in [1.165, 1.54) is 18.2 Å². The summed E-state index contributed by atoms with van der Waals surface area (Å²) in [4.78, 5) is 40.0. The van der Waals surface area contributed by atoms with Gasteiger partial charge in [-0.1, -0.05) is 6.92 Å². The molecule has 2 unspecified atom stereocenters. The van der Waals surface area contributed by atoms with E-state index in [1.807, 2.05) is 6.92 Å². The van der Waals surface area contributed by atoms with Gasteiger partial charge in [-0.15, -0.1) is 0 Å². The highest BCUT2D eigenvalue weighted by molar-refractivity contribution is 7.81. The zero-order chi connectivity index (χ0) is 12.4. The standard InChI is InChI=1S/C9H11N3O3S/c1-7(3-10-4-13)8(16)2-9(11-5-14)12-6-15/h7-9,16H,2-3H2,1H3. The maximum atomic E-state index is 10.0. The Morgan fingerprint density at radius 3 is 2.12 bits per heavy atom. The summed E-state index contributed by atoms with van der Waals surface area (Å²) in [7, 11) is 0. The summed E-state index contributed by atoms with van der Waals surface area (Å²) in [6, 6.07) is 0. The molecule has 0 rings (SSSR count). The molecular weight excluding hydrogens is 230 g/mol. The van der Waals surface area contributed by atoms with Crippen molar-refractivity contribution in [3.63, 3.8) is 0 Å². The summed E-state index contributed by atoms with van der Waals surface area (Å²) >= 11 is 4.25. The molecule has 0 aliphatic carbocycles. The Bertz CT molecular complexity index is 337. The number of aliphatic imine (C=N–C) groups is 3. The first-order valence-corrected chi connectivity index (χ1v) is 5.03. The lowest BCUT2D eigenvalue weighted by atomic mass is 10.0. The largest absolute Gasteiger partial charge is 0.237 e. The Morgan fingerprint density at radius 2 is 1.69 bits per heavy atom. The molecule has 0 aromatic heterocycles. The van der Waals surface area contributed by atoms with Crippen LogP contribution in [-0.4, -0.2) is 36.2 Å². The molecule has 7 heteroatoms. The third kappa shape index (κ3) is 6.06. The van der Waals surface area contributed by atoms with Crippen LogP contribution in [0.2, 0.25) is 0 Å². The van der Waals surface area contributed by atoms with Crippen molar-refractivity contribution in [3.05, 3.63) is 0 Å². The van der Waals surface area contributed by atoms with Crippen molar-refractivity contribution in [2.45, 2.75) is 24.8 Å². The summed E-state index contributed by atoms with van der Waals surface area (Å²) in [5, 5.41) is -0.198. The molecule has 0 bridgehead atoms. The van der Waals surface area contributed by atoms with Gasteiger partial charge in [0.2, 0.25) is 18.2 Å². The van der Waals surface area contributed by atoms with Crippen molar-refractivity contribution in [3.8, 4) is 0 Å². The molecule has 0 saturated carbocycles. The van der Waals surface area contributed by atoms with E-state index in [4.69, 9.17) is 0 Å². The van der Waals surface area contributed by atoms with Crippen LogP contribution in [0.4, 0.5) is 0 Å². The van der Waals surface area contributed by atoms with E-state index < -0.39 is 6.17 Å². The van der Waals surface area contributed by atoms with Crippen LogP contribution in [0.5, 0.6) is 0 Å². The van der Waals surface area contributed by atoms with Gasteiger partial charge in [0.1, 0.15) is 0 Å². The molecular formula is C9H11N3O3S. The lowest BCUT2D eigenvalue weighted by Crippen LogP contribution is -2.19. The Kier molecular flexibility index (Phi) is 7.94. The molecule has 86 valence electrons. The van der Waals surface area contributed by atoms with Gasteiger partial charge in [0.15, 0.2) is 6.17 Å². The summed E-state index contributed by atoms with van der Waals surface area (Å²) in [6.07, 6.45) is 3.53. The Morgan fingerprint density at radius 1 is 1.12 bits per heavy atom. The van der Waals surface area contributed by atoms with Crippen LogP contribution in [-0.2, 0) is 14.4 Å². The number of carbonyl (C=O) groups excluding carboxylic acids is 3. The molecule has 0 amide bonds. The van der Waals surface area contributed by atoms with Crippen LogP contribution in [0.15, 0.2) is 15.0 Å². The van der Waals surface area contributed by atoms with Gasteiger partial charge in [-0.2, -0.15) is 22.6 Å². The minimum Gasteiger partial charge on any atom is -0.211 e. The normalized spacial score (nSPS) is 14.6. The van der Waals surface area contributed by atoms with E-state index in [-0.39, 0.29) is 24.1 Å². The molecule has 0 N–H and O–H groups in total. The van der Waals surface area contributed by atoms with Crippen molar-refractivity contribution >= 4 is 30.9 Å². The summed E-state index contributed by atoms with van der Waals surface area (Å²) in [5.41, 5.74) is 0. The van der Waals surface area contributed by atoms with E-state index >= 15 is 0 Å². The van der Waals surface area contributed by atoms with Crippen molar-refractivity contribution < 1.29 is 14.4 Å². The molecule has 0 aliphatic heterocycles. The third-order valence-corrected chi connectivity index (χ3v) is 2.68. The lowest BCUT2D eigenvalue weighted by molar-refractivity contribution is 0.488. The van der Waals surface area contributed by atoms with E-state index in [9.17, 15) is 14.4 Å². The van der Waals surface area contributed by atoms with Crippen molar-refractivity contribution in [2.24, 2.45) is 20.9 Å². The molecule has 6 nitrogen and oxygen atoms in total. The highest BCUT2D eigenvalue weighted by atomic mass is 32.1. The molecule has 0 spiro atoms. The second-order valence-electron chi connectivity index (χ2n) is 3.13. The minimum absolute atomic E-state index is 0.0176. The van der Waals surface area contributed by atoms with Crippen LogP contribution < -0.4 is 0 Å². The van der Waals surface area contributed by atoms with Gasteiger partial charge >= 0.3 is 0 Å². The second kappa shape index (κ2) is 8.77. The average Bonchev–Trinajstić information content (AvgIpc) is 2.26. The summed E-state index contributed by atoms with van der Waals surface area (Å²) in [6.45, 7) is 2.10. The minimum atomic E-state index is -0.819. The maximum absolute atomic E-state index is 10.0. The fourth-order valence-corrected chi connectivity index (χ4v) is 1.29. The number of isocyanates is 3. The van der Waals surface area contributed by atoms with Gasteiger partial charge < -0.3 is 0 Å². The zero-order valence-corrected chi connectivity index (χ0v) is 9.55. The first-order valence-electron chi connectivity index (χ1n) is 4.51. The topological polar surface area (TPSA) is 88.3 Å². The summed E-state index contributed by atoms with van der Waals surface area (Å²) in [5.74, 6) is -0.0176. The van der Waals surface area contributed by atoms with Crippen LogP contribution in [0.1, 0.15) is 13.3 Å². The summed E-state index contributed by atoms with van der Waals surface area (Å²) < 4.78 is 0. The number of thiol groups is 1. The highest BCUT2D eigenvalue weighted by Gasteiger charge is 2.18. The third-order valence-electron chi connectivity index (χ3n) is 1.96. The lowest BCUT2D eigenvalue weighted by Gasteiger charge is -2.17. The molecule has 0 heterocycles. The van der Waals surface area contributed by atoms with Crippen LogP contribution in [0.25, 0.3) is 0 Å². The van der Waals surface area contributed by atoms with Gasteiger partial charge in [-0.25, -0.2) is 19.4 Å². The molecule has 0 aromatic rings. The molecule has 0 fully saturated rings. The van der Waals surface area contributed by atoms with Crippen LogP contribution >= 0.6 is 12.6 Å². The Hall–Kier alpha value is -1.51. The van der Waals surface area contributed by atoms with Gasteiger partial charge in [0.25, 0.3) is 0 Å². The number of hydrogen-bond donors (Lipinski definition) is 1. The first kappa shape index (κ1) is 14.5. The maximum Gasteiger partial charge on any atom is 0.237 e. The molecule has 0 aliphatic rings. The Balaban J connectivity index is 4.37. The zero-order valence-electron chi connectivity index (χ0n) is 8.66. The molecule has 2 atom stereocenters. The van der Waals surface area contributed by atoms with E-state index in [0.717, 1.165) is 0 Å². The fourth-order valence-electron chi connectivity index (χ4n) is 1.01. The molecule has 0 saturated heterocycles.